The van der Waals surface area contributed by atoms with Gasteiger partial charge in [0.15, 0.2) is 0 Å². The lowest BCUT2D eigenvalue weighted by Crippen LogP contribution is -1.99. The van der Waals surface area contributed by atoms with Crippen LogP contribution in [-0.4, -0.2) is 20.1 Å². The van der Waals surface area contributed by atoms with Crippen molar-refractivity contribution in [2.75, 3.05) is 0 Å². The maximum absolute atomic E-state index is 10.0. The Labute approximate surface area is 150 Å². The van der Waals surface area contributed by atoms with Crippen LogP contribution in [0.2, 0.25) is 0 Å². The minimum absolute atomic E-state index is 0.200. The molecule has 0 fully saturated rings. The standard InChI is InChI=1S/C21H17N3O2/c1-2-15-7-8-16(21(25)13-15)14-26-18-11-9-17(10-12-18)24-22-19-5-3-4-6-20(19)23-24/h2-13,25H,1,14H2. The summed E-state index contributed by atoms with van der Waals surface area (Å²) in [4.78, 5) is 1.61. The van der Waals surface area contributed by atoms with E-state index < -0.39 is 0 Å². The molecule has 0 aliphatic heterocycles. The molecule has 3 aromatic carbocycles. The van der Waals surface area contributed by atoms with Gasteiger partial charge in [-0.25, -0.2) is 0 Å². The highest BCUT2D eigenvalue weighted by Gasteiger charge is 2.06. The third-order valence-electron chi connectivity index (χ3n) is 4.09. The minimum Gasteiger partial charge on any atom is -0.508 e. The number of rotatable bonds is 5. The molecule has 0 bridgehead atoms. The smallest absolute Gasteiger partial charge is 0.122 e. The van der Waals surface area contributed by atoms with Gasteiger partial charge in [0, 0.05) is 5.56 Å². The average molecular weight is 343 g/mol. The lowest BCUT2D eigenvalue weighted by atomic mass is 10.1. The molecule has 26 heavy (non-hydrogen) atoms. The number of aromatic hydroxyl groups is 1. The van der Waals surface area contributed by atoms with Gasteiger partial charge < -0.3 is 9.84 Å². The summed E-state index contributed by atoms with van der Waals surface area (Å²) < 4.78 is 5.76. The molecule has 0 saturated carbocycles. The maximum atomic E-state index is 10.0. The zero-order valence-electron chi connectivity index (χ0n) is 14.0. The Morgan fingerprint density at radius 3 is 2.27 bits per heavy atom. The average Bonchev–Trinajstić information content (AvgIpc) is 3.11. The van der Waals surface area contributed by atoms with Crippen LogP contribution < -0.4 is 4.74 Å². The van der Waals surface area contributed by atoms with Gasteiger partial charge in [0.1, 0.15) is 29.1 Å². The minimum atomic E-state index is 0.200. The van der Waals surface area contributed by atoms with Crippen molar-refractivity contribution in [3.8, 4) is 17.2 Å². The third-order valence-corrected chi connectivity index (χ3v) is 4.09. The van der Waals surface area contributed by atoms with E-state index in [0.29, 0.717) is 5.75 Å². The first-order valence-corrected chi connectivity index (χ1v) is 8.22. The maximum Gasteiger partial charge on any atom is 0.122 e. The van der Waals surface area contributed by atoms with Crippen LogP contribution in [0.25, 0.3) is 22.8 Å². The van der Waals surface area contributed by atoms with Gasteiger partial charge in [-0.3, -0.25) is 0 Å². The Morgan fingerprint density at radius 1 is 0.962 bits per heavy atom. The van der Waals surface area contributed by atoms with Gasteiger partial charge in [-0.05, 0) is 48.0 Å². The summed E-state index contributed by atoms with van der Waals surface area (Å²) in [5, 5.41) is 18.9. The molecule has 0 radical (unpaired) electrons. The predicted molar refractivity (Wildman–Crippen MR) is 101 cm³/mol. The van der Waals surface area contributed by atoms with Crippen molar-refractivity contribution in [1.82, 2.24) is 15.0 Å². The van der Waals surface area contributed by atoms with Crippen LogP contribution in [0.1, 0.15) is 11.1 Å². The van der Waals surface area contributed by atoms with Crippen LogP contribution in [0.5, 0.6) is 11.5 Å². The first-order chi connectivity index (χ1) is 12.7. The van der Waals surface area contributed by atoms with E-state index >= 15 is 0 Å². The summed E-state index contributed by atoms with van der Waals surface area (Å²) in [7, 11) is 0. The van der Waals surface area contributed by atoms with Crippen molar-refractivity contribution in [2.24, 2.45) is 0 Å². The van der Waals surface area contributed by atoms with Crippen molar-refractivity contribution >= 4 is 17.1 Å². The van der Waals surface area contributed by atoms with Gasteiger partial charge in [-0.15, -0.1) is 10.2 Å². The van der Waals surface area contributed by atoms with Crippen LogP contribution in [0.4, 0.5) is 0 Å². The molecule has 5 heteroatoms. The highest BCUT2D eigenvalue weighted by molar-refractivity contribution is 5.73. The van der Waals surface area contributed by atoms with E-state index in [1.807, 2.05) is 60.7 Å². The van der Waals surface area contributed by atoms with Gasteiger partial charge in [-0.2, -0.15) is 4.80 Å². The molecule has 4 rings (SSSR count). The molecule has 0 unspecified atom stereocenters. The van der Waals surface area contributed by atoms with E-state index in [0.717, 1.165) is 27.8 Å². The molecule has 1 heterocycles. The molecule has 0 saturated heterocycles. The summed E-state index contributed by atoms with van der Waals surface area (Å²) in [5.41, 5.74) is 4.15. The highest BCUT2D eigenvalue weighted by atomic mass is 16.5. The molecule has 0 aliphatic rings. The predicted octanol–water partition coefficient (Wildman–Crippen LogP) is 4.35. The van der Waals surface area contributed by atoms with Gasteiger partial charge in [-0.1, -0.05) is 36.9 Å². The van der Waals surface area contributed by atoms with E-state index in [-0.39, 0.29) is 12.4 Å². The molecule has 0 atom stereocenters. The first-order valence-electron chi connectivity index (χ1n) is 8.22. The van der Waals surface area contributed by atoms with Crippen molar-refractivity contribution < 1.29 is 9.84 Å². The second-order valence-electron chi connectivity index (χ2n) is 5.85. The SMILES string of the molecule is C=Cc1ccc(COc2ccc(-n3nc4ccccc4n3)cc2)c(O)c1. The summed E-state index contributed by atoms with van der Waals surface area (Å²) in [6.07, 6.45) is 1.69. The topological polar surface area (TPSA) is 60.2 Å². The highest BCUT2D eigenvalue weighted by Crippen LogP contribution is 2.22. The summed E-state index contributed by atoms with van der Waals surface area (Å²) in [5.74, 6) is 0.907. The lowest BCUT2D eigenvalue weighted by Gasteiger charge is -2.09. The monoisotopic (exact) mass is 343 g/mol. The van der Waals surface area contributed by atoms with Crippen LogP contribution in [-0.2, 0) is 6.61 Å². The molecule has 128 valence electrons. The molecule has 0 spiro atoms. The normalized spacial score (nSPS) is 10.8. The Morgan fingerprint density at radius 2 is 1.65 bits per heavy atom. The number of fused-ring (bicyclic) bond motifs is 1. The molecule has 4 aromatic rings. The summed E-state index contributed by atoms with van der Waals surface area (Å²) >= 11 is 0. The number of phenols is 1. The first kappa shape index (κ1) is 15.9. The van der Waals surface area contributed by atoms with Gasteiger partial charge in [0.2, 0.25) is 0 Å². The van der Waals surface area contributed by atoms with Crippen molar-refractivity contribution in [3.05, 3.63) is 84.4 Å². The van der Waals surface area contributed by atoms with E-state index in [4.69, 9.17) is 4.74 Å². The molecular weight excluding hydrogens is 326 g/mol. The second kappa shape index (κ2) is 6.72. The zero-order chi connectivity index (χ0) is 17.9. The van der Waals surface area contributed by atoms with E-state index in [1.165, 1.54) is 0 Å². The summed E-state index contributed by atoms with van der Waals surface area (Å²) in [6.45, 7) is 3.97. The molecule has 5 nitrogen and oxygen atoms in total. The van der Waals surface area contributed by atoms with E-state index in [1.54, 1.807) is 16.9 Å². The fourth-order valence-corrected chi connectivity index (χ4v) is 2.64. The van der Waals surface area contributed by atoms with Crippen LogP contribution in [0, 0.1) is 0 Å². The fourth-order valence-electron chi connectivity index (χ4n) is 2.64. The van der Waals surface area contributed by atoms with Crippen molar-refractivity contribution in [1.29, 1.82) is 0 Å². The third kappa shape index (κ3) is 3.15. The largest absolute Gasteiger partial charge is 0.508 e. The Bertz CT molecular complexity index is 1040. The number of hydrogen-bond donors (Lipinski definition) is 1. The van der Waals surface area contributed by atoms with Crippen molar-refractivity contribution in [3.63, 3.8) is 0 Å². The molecule has 0 amide bonds. The van der Waals surface area contributed by atoms with Crippen LogP contribution in [0.15, 0.2) is 73.3 Å². The molecule has 1 N–H and O–H groups in total. The molecular formula is C21H17N3O2. The van der Waals surface area contributed by atoms with Gasteiger partial charge in [0.25, 0.3) is 0 Å². The lowest BCUT2D eigenvalue weighted by molar-refractivity contribution is 0.299. The number of aromatic nitrogens is 3. The van der Waals surface area contributed by atoms with E-state index in [9.17, 15) is 5.11 Å². The summed E-state index contributed by atoms with van der Waals surface area (Å²) in [6, 6.07) is 20.7. The Kier molecular flexibility index (Phi) is 4.11. The van der Waals surface area contributed by atoms with Gasteiger partial charge >= 0.3 is 0 Å². The number of benzene rings is 3. The van der Waals surface area contributed by atoms with E-state index in [2.05, 4.69) is 16.8 Å². The Balaban J connectivity index is 1.48. The quantitative estimate of drug-likeness (QED) is 0.585. The number of phenolic OH excluding ortho intramolecular Hbond substituents is 1. The second-order valence-corrected chi connectivity index (χ2v) is 5.85. The van der Waals surface area contributed by atoms with Crippen molar-refractivity contribution in [2.45, 2.75) is 6.61 Å². The number of nitrogens with zero attached hydrogens (tertiary/aromatic N) is 3. The van der Waals surface area contributed by atoms with Gasteiger partial charge in [0.05, 0.1) is 5.69 Å². The van der Waals surface area contributed by atoms with Crippen LogP contribution >= 0.6 is 0 Å². The Hall–Kier alpha value is -3.60. The zero-order valence-corrected chi connectivity index (χ0v) is 14.0. The fraction of sp³-hybridized carbons (Fsp3) is 0.0476. The number of ether oxygens (including phenoxy) is 1. The van der Waals surface area contributed by atoms with Crippen LogP contribution in [0.3, 0.4) is 0 Å². The molecule has 0 aliphatic carbocycles. The number of hydrogen-bond acceptors (Lipinski definition) is 4. The molecule has 1 aromatic heterocycles.